The van der Waals surface area contributed by atoms with E-state index in [0.717, 1.165) is 0 Å². The lowest BCUT2D eigenvalue weighted by Gasteiger charge is -2.00. The average Bonchev–Trinajstić information content (AvgIpc) is 2.62. The Morgan fingerprint density at radius 1 is 1.31 bits per heavy atom. The lowest BCUT2D eigenvalue weighted by atomic mass is 10.1. The predicted octanol–water partition coefficient (Wildman–Crippen LogP) is 2.98. The van der Waals surface area contributed by atoms with Gasteiger partial charge in [0.15, 0.2) is 0 Å². The molecule has 4 heteroatoms. The molecular formula is C9H6BrFN2. The van der Waals surface area contributed by atoms with Gasteiger partial charge in [0.25, 0.3) is 0 Å². The molecule has 0 aliphatic carbocycles. The van der Waals surface area contributed by atoms with Crippen molar-refractivity contribution < 1.29 is 4.39 Å². The Balaban J connectivity index is 2.59. The summed E-state index contributed by atoms with van der Waals surface area (Å²) >= 11 is 3.12. The number of hydrogen-bond acceptors (Lipinski definition) is 1. The molecule has 0 amide bonds. The Labute approximate surface area is 82.9 Å². The predicted molar refractivity (Wildman–Crippen MR) is 51.7 cm³/mol. The SMILES string of the molecule is Fc1c(Br)cccc1-c1ccn[nH]1. The molecule has 1 aromatic carbocycles. The lowest BCUT2D eigenvalue weighted by molar-refractivity contribution is 0.624. The van der Waals surface area contributed by atoms with Crippen molar-refractivity contribution >= 4 is 15.9 Å². The number of rotatable bonds is 1. The first-order chi connectivity index (χ1) is 6.29. The highest BCUT2D eigenvalue weighted by molar-refractivity contribution is 9.10. The molecule has 13 heavy (non-hydrogen) atoms. The molecule has 1 N–H and O–H groups in total. The molecule has 0 saturated carbocycles. The van der Waals surface area contributed by atoms with Crippen LogP contribution in [-0.2, 0) is 0 Å². The third-order valence-electron chi connectivity index (χ3n) is 1.74. The molecule has 0 fully saturated rings. The Morgan fingerprint density at radius 2 is 2.15 bits per heavy atom. The van der Waals surface area contributed by atoms with Crippen LogP contribution in [-0.4, -0.2) is 10.2 Å². The smallest absolute Gasteiger partial charge is 0.146 e. The zero-order valence-corrected chi connectivity index (χ0v) is 8.18. The van der Waals surface area contributed by atoms with Crippen LogP contribution in [0.2, 0.25) is 0 Å². The van der Waals surface area contributed by atoms with Crippen LogP contribution in [0.1, 0.15) is 0 Å². The van der Waals surface area contributed by atoms with Crippen LogP contribution in [0.5, 0.6) is 0 Å². The average molecular weight is 241 g/mol. The monoisotopic (exact) mass is 240 g/mol. The van der Waals surface area contributed by atoms with Crippen molar-refractivity contribution in [3.05, 3.63) is 40.8 Å². The maximum atomic E-state index is 13.5. The van der Waals surface area contributed by atoms with Crippen LogP contribution in [0.25, 0.3) is 11.3 Å². The fraction of sp³-hybridized carbons (Fsp3) is 0. The summed E-state index contributed by atoms with van der Waals surface area (Å²) in [6, 6.07) is 6.87. The van der Waals surface area contributed by atoms with Crippen LogP contribution < -0.4 is 0 Å². The molecule has 1 heterocycles. The standard InChI is InChI=1S/C9H6BrFN2/c10-7-3-1-2-6(9(7)11)8-4-5-12-13-8/h1-5H,(H,12,13). The molecule has 2 aromatic rings. The van der Waals surface area contributed by atoms with Gasteiger partial charge >= 0.3 is 0 Å². The first-order valence-electron chi connectivity index (χ1n) is 3.73. The highest BCUT2D eigenvalue weighted by Gasteiger charge is 2.07. The van der Waals surface area contributed by atoms with Gasteiger partial charge in [0, 0.05) is 11.8 Å². The normalized spacial score (nSPS) is 10.3. The first kappa shape index (κ1) is 8.44. The van der Waals surface area contributed by atoms with E-state index in [2.05, 4.69) is 26.1 Å². The number of hydrogen-bond donors (Lipinski definition) is 1. The molecule has 0 spiro atoms. The van der Waals surface area contributed by atoms with Crippen LogP contribution >= 0.6 is 15.9 Å². The summed E-state index contributed by atoms with van der Waals surface area (Å²) in [4.78, 5) is 0. The van der Waals surface area contributed by atoms with E-state index in [4.69, 9.17) is 0 Å². The van der Waals surface area contributed by atoms with Crippen molar-refractivity contribution in [3.8, 4) is 11.3 Å². The van der Waals surface area contributed by atoms with Crippen molar-refractivity contribution in [1.29, 1.82) is 0 Å². The quantitative estimate of drug-likeness (QED) is 0.816. The highest BCUT2D eigenvalue weighted by atomic mass is 79.9. The van der Waals surface area contributed by atoms with E-state index in [-0.39, 0.29) is 5.82 Å². The second-order valence-corrected chi connectivity index (χ2v) is 3.43. The van der Waals surface area contributed by atoms with Crippen LogP contribution in [0.15, 0.2) is 34.9 Å². The summed E-state index contributed by atoms with van der Waals surface area (Å²) < 4.78 is 13.9. The van der Waals surface area contributed by atoms with Gasteiger partial charge in [-0.2, -0.15) is 5.10 Å². The number of nitrogens with zero attached hydrogens (tertiary/aromatic N) is 1. The second-order valence-electron chi connectivity index (χ2n) is 2.57. The van der Waals surface area contributed by atoms with Gasteiger partial charge in [0.05, 0.1) is 10.2 Å². The van der Waals surface area contributed by atoms with E-state index >= 15 is 0 Å². The molecule has 66 valence electrons. The van der Waals surface area contributed by atoms with Gasteiger partial charge in [0.2, 0.25) is 0 Å². The minimum atomic E-state index is -0.272. The number of H-pyrrole nitrogens is 1. The number of aromatic nitrogens is 2. The minimum absolute atomic E-state index is 0.272. The Bertz CT molecular complexity index is 412. The zero-order chi connectivity index (χ0) is 9.26. The third-order valence-corrected chi connectivity index (χ3v) is 2.35. The number of halogens is 2. The Morgan fingerprint density at radius 3 is 2.85 bits per heavy atom. The summed E-state index contributed by atoms with van der Waals surface area (Å²) in [6.45, 7) is 0. The number of benzene rings is 1. The maximum absolute atomic E-state index is 13.5. The van der Waals surface area contributed by atoms with E-state index in [1.165, 1.54) is 0 Å². The molecule has 0 unspecified atom stereocenters. The molecule has 0 atom stereocenters. The summed E-state index contributed by atoms with van der Waals surface area (Å²) in [7, 11) is 0. The van der Waals surface area contributed by atoms with Crippen LogP contribution in [0, 0.1) is 5.82 Å². The summed E-state index contributed by atoms with van der Waals surface area (Å²) in [6.07, 6.45) is 1.59. The van der Waals surface area contributed by atoms with Gasteiger partial charge in [-0.1, -0.05) is 6.07 Å². The molecule has 2 nitrogen and oxygen atoms in total. The fourth-order valence-corrected chi connectivity index (χ4v) is 1.48. The molecule has 0 aliphatic heterocycles. The molecule has 1 aromatic heterocycles. The lowest BCUT2D eigenvalue weighted by Crippen LogP contribution is -1.85. The van der Waals surface area contributed by atoms with Gasteiger partial charge in [0.1, 0.15) is 5.82 Å². The van der Waals surface area contributed by atoms with E-state index in [1.54, 1.807) is 30.5 Å². The zero-order valence-electron chi connectivity index (χ0n) is 6.59. The molecule has 0 bridgehead atoms. The number of nitrogens with one attached hydrogen (secondary N) is 1. The van der Waals surface area contributed by atoms with Crippen LogP contribution in [0.4, 0.5) is 4.39 Å². The number of aromatic amines is 1. The second kappa shape index (κ2) is 3.30. The van der Waals surface area contributed by atoms with Crippen molar-refractivity contribution in [3.63, 3.8) is 0 Å². The van der Waals surface area contributed by atoms with E-state index in [0.29, 0.717) is 15.7 Å². The van der Waals surface area contributed by atoms with E-state index < -0.39 is 0 Å². The Kier molecular flexibility index (Phi) is 2.14. The van der Waals surface area contributed by atoms with E-state index in [9.17, 15) is 4.39 Å². The fourth-order valence-electron chi connectivity index (χ4n) is 1.12. The van der Waals surface area contributed by atoms with Gasteiger partial charge in [-0.3, -0.25) is 5.10 Å². The van der Waals surface area contributed by atoms with Crippen LogP contribution in [0.3, 0.4) is 0 Å². The van der Waals surface area contributed by atoms with Crippen molar-refractivity contribution in [2.75, 3.05) is 0 Å². The van der Waals surface area contributed by atoms with Gasteiger partial charge in [-0.15, -0.1) is 0 Å². The molecule has 0 aliphatic rings. The summed E-state index contributed by atoms with van der Waals surface area (Å²) in [5.74, 6) is -0.272. The van der Waals surface area contributed by atoms with Crippen molar-refractivity contribution in [2.24, 2.45) is 0 Å². The molecular weight excluding hydrogens is 235 g/mol. The topological polar surface area (TPSA) is 28.7 Å². The minimum Gasteiger partial charge on any atom is -0.278 e. The third kappa shape index (κ3) is 1.49. The molecule has 0 saturated heterocycles. The molecule has 0 radical (unpaired) electrons. The first-order valence-corrected chi connectivity index (χ1v) is 4.52. The van der Waals surface area contributed by atoms with E-state index in [1.807, 2.05) is 0 Å². The maximum Gasteiger partial charge on any atom is 0.146 e. The van der Waals surface area contributed by atoms with Gasteiger partial charge in [-0.05, 0) is 34.1 Å². The summed E-state index contributed by atoms with van der Waals surface area (Å²) in [5.41, 5.74) is 1.20. The van der Waals surface area contributed by atoms with Gasteiger partial charge in [-0.25, -0.2) is 4.39 Å². The molecule has 2 rings (SSSR count). The van der Waals surface area contributed by atoms with Gasteiger partial charge < -0.3 is 0 Å². The highest BCUT2D eigenvalue weighted by Crippen LogP contribution is 2.25. The summed E-state index contributed by atoms with van der Waals surface area (Å²) in [5, 5.41) is 6.47. The largest absolute Gasteiger partial charge is 0.278 e. The van der Waals surface area contributed by atoms with Crippen molar-refractivity contribution in [1.82, 2.24) is 10.2 Å². The van der Waals surface area contributed by atoms with Crippen molar-refractivity contribution in [2.45, 2.75) is 0 Å². The Hall–Kier alpha value is -1.16.